The largest absolute Gasteiger partial charge is 0.369 e. The highest BCUT2D eigenvalue weighted by Crippen LogP contribution is 2.34. The molecule has 0 aromatic heterocycles. The first-order valence-corrected chi connectivity index (χ1v) is 6.67. The molecule has 2 aromatic rings. The molecule has 2 N–H and O–H groups in total. The van der Waals surface area contributed by atoms with Gasteiger partial charge in [0.1, 0.15) is 11.6 Å². The third-order valence-electron chi connectivity index (χ3n) is 3.61. The Balaban J connectivity index is 2.07. The minimum atomic E-state index is -0.429. The van der Waals surface area contributed by atoms with Crippen LogP contribution in [0.5, 0.6) is 0 Å². The van der Waals surface area contributed by atoms with Crippen LogP contribution in [0.1, 0.15) is 17.2 Å². The van der Waals surface area contributed by atoms with Gasteiger partial charge in [0.2, 0.25) is 0 Å². The van der Waals surface area contributed by atoms with E-state index in [1.807, 2.05) is 6.92 Å². The lowest BCUT2D eigenvalue weighted by Crippen LogP contribution is -2.37. The van der Waals surface area contributed by atoms with Crippen LogP contribution in [0.3, 0.4) is 0 Å². The Morgan fingerprint density at radius 3 is 2.67 bits per heavy atom. The molecule has 21 heavy (non-hydrogen) atoms. The number of aryl methyl sites for hydroxylation is 1. The van der Waals surface area contributed by atoms with Crippen LogP contribution >= 0.6 is 0 Å². The van der Waals surface area contributed by atoms with E-state index in [0.717, 1.165) is 5.56 Å². The predicted octanol–water partition coefficient (Wildman–Crippen LogP) is 3.15. The van der Waals surface area contributed by atoms with Crippen molar-refractivity contribution in [2.75, 3.05) is 11.4 Å². The molecule has 3 rings (SSSR count). The lowest BCUT2D eigenvalue weighted by molar-refractivity contribution is 0.582. The van der Waals surface area contributed by atoms with E-state index in [1.165, 1.54) is 12.1 Å². The summed E-state index contributed by atoms with van der Waals surface area (Å²) >= 11 is 0. The van der Waals surface area contributed by atoms with E-state index in [4.69, 9.17) is 5.73 Å². The van der Waals surface area contributed by atoms with Crippen molar-refractivity contribution in [1.82, 2.24) is 0 Å². The number of nitrogens with two attached hydrogens (primary N) is 1. The fourth-order valence-corrected chi connectivity index (χ4v) is 2.59. The van der Waals surface area contributed by atoms with E-state index in [1.54, 1.807) is 35.2 Å². The summed E-state index contributed by atoms with van der Waals surface area (Å²) in [6.45, 7) is 2.19. The van der Waals surface area contributed by atoms with Gasteiger partial charge in [-0.2, -0.15) is 0 Å². The van der Waals surface area contributed by atoms with Crippen molar-refractivity contribution < 1.29 is 8.78 Å². The Hall–Kier alpha value is -2.43. The van der Waals surface area contributed by atoms with Crippen molar-refractivity contribution in [2.45, 2.75) is 13.0 Å². The van der Waals surface area contributed by atoms with E-state index in [-0.39, 0.29) is 11.8 Å². The van der Waals surface area contributed by atoms with Crippen LogP contribution in [-0.2, 0) is 0 Å². The summed E-state index contributed by atoms with van der Waals surface area (Å²) in [7, 11) is 0. The van der Waals surface area contributed by atoms with Gasteiger partial charge in [-0.05, 0) is 25.1 Å². The average Bonchev–Trinajstić information content (AvgIpc) is 2.84. The fourth-order valence-electron chi connectivity index (χ4n) is 2.59. The number of nitrogens with zero attached hydrogens (tertiary/aromatic N) is 2. The average molecular weight is 287 g/mol. The Morgan fingerprint density at radius 1 is 1.14 bits per heavy atom. The Labute approximate surface area is 121 Å². The molecular weight excluding hydrogens is 272 g/mol. The van der Waals surface area contributed by atoms with Gasteiger partial charge < -0.3 is 10.6 Å². The summed E-state index contributed by atoms with van der Waals surface area (Å²) in [6.07, 6.45) is 0. The molecule has 1 heterocycles. The van der Waals surface area contributed by atoms with E-state index in [9.17, 15) is 8.78 Å². The maximum atomic E-state index is 14.1. The summed E-state index contributed by atoms with van der Waals surface area (Å²) in [4.78, 5) is 5.70. The van der Waals surface area contributed by atoms with Gasteiger partial charge in [-0.3, -0.25) is 4.99 Å². The standard InChI is InChI=1S/C16H15F2N3/c1-10-6-7-12(17)11(8-10)15-9-20-16(19)21(15)14-5-3-2-4-13(14)18/h2-8,15H,9H2,1H3,(H2,19,20). The Morgan fingerprint density at radius 2 is 1.90 bits per heavy atom. The lowest BCUT2D eigenvalue weighted by Gasteiger charge is -2.27. The van der Waals surface area contributed by atoms with Crippen LogP contribution in [0.4, 0.5) is 14.5 Å². The summed E-state index contributed by atoms with van der Waals surface area (Å²) in [5, 5.41) is 0. The zero-order valence-corrected chi connectivity index (χ0v) is 11.6. The van der Waals surface area contributed by atoms with Crippen LogP contribution in [0.25, 0.3) is 0 Å². The smallest absolute Gasteiger partial charge is 0.196 e. The van der Waals surface area contributed by atoms with Gasteiger partial charge in [0, 0.05) is 5.56 Å². The van der Waals surface area contributed by atoms with Gasteiger partial charge in [0.15, 0.2) is 5.96 Å². The molecule has 0 fully saturated rings. The van der Waals surface area contributed by atoms with E-state index in [2.05, 4.69) is 4.99 Å². The summed E-state index contributed by atoms with van der Waals surface area (Å²) in [5.41, 5.74) is 7.60. The van der Waals surface area contributed by atoms with Crippen LogP contribution in [0, 0.1) is 18.6 Å². The molecule has 0 radical (unpaired) electrons. The lowest BCUT2D eigenvalue weighted by atomic mass is 10.0. The highest BCUT2D eigenvalue weighted by molar-refractivity contribution is 5.97. The number of aliphatic imine (C=N–C) groups is 1. The van der Waals surface area contributed by atoms with Gasteiger partial charge in [0.05, 0.1) is 18.3 Å². The highest BCUT2D eigenvalue weighted by atomic mass is 19.1. The number of anilines is 1. The number of para-hydroxylation sites is 1. The molecule has 0 bridgehead atoms. The van der Waals surface area contributed by atoms with Crippen molar-refractivity contribution in [3.8, 4) is 0 Å². The molecular formula is C16H15F2N3. The molecule has 2 aromatic carbocycles. The van der Waals surface area contributed by atoms with Crippen molar-refractivity contribution in [3.05, 3.63) is 65.2 Å². The number of halogens is 2. The third-order valence-corrected chi connectivity index (χ3v) is 3.61. The molecule has 3 nitrogen and oxygen atoms in total. The van der Waals surface area contributed by atoms with Gasteiger partial charge in [0.25, 0.3) is 0 Å². The summed E-state index contributed by atoms with van der Waals surface area (Å²) < 4.78 is 28.2. The van der Waals surface area contributed by atoms with Gasteiger partial charge in [-0.15, -0.1) is 0 Å². The zero-order chi connectivity index (χ0) is 15.0. The first-order valence-electron chi connectivity index (χ1n) is 6.67. The molecule has 1 unspecified atom stereocenters. The number of rotatable bonds is 2. The number of hydrogen-bond donors (Lipinski definition) is 1. The first kappa shape index (κ1) is 13.5. The normalized spacial score (nSPS) is 18.0. The van der Waals surface area contributed by atoms with Gasteiger partial charge in [-0.1, -0.05) is 29.8 Å². The molecule has 108 valence electrons. The molecule has 0 saturated carbocycles. The van der Waals surface area contributed by atoms with Crippen LogP contribution < -0.4 is 10.6 Å². The minimum absolute atomic E-state index is 0.200. The number of benzene rings is 2. The quantitative estimate of drug-likeness (QED) is 0.922. The second-order valence-corrected chi connectivity index (χ2v) is 5.06. The minimum Gasteiger partial charge on any atom is -0.369 e. The Kier molecular flexibility index (Phi) is 3.33. The molecule has 0 saturated heterocycles. The van der Waals surface area contributed by atoms with E-state index >= 15 is 0 Å². The molecule has 0 aliphatic carbocycles. The monoisotopic (exact) mass is 287 g/mol. The van der Waals surface area contributed by atoms with E-state index < -0.39 is 11.9 Å². The summed E-state index contributed by atoms with van der Waals surface area (Å²) in [6, 6.07) is 10.7. The van der Waals surface area contributed by atoms with Crippen LogP contribution in [0.2, 0.25) is 0 Å². The van der Waals surface area contributed by atoms with Crippen molar-refractivity contribution in [3.63, 3.8) is 0 Å². The molecule has 0 spiro atoms. The van der Waals surface area contributed by atoms with Crippen molar-refractivity contribution in [2.24, 2.45) is 10.7 Å². The Bertz CT molecular complexity index is 712. The second-order valence-electron chi connectivity index (χ2n) is 5.06. The van der Waals surface area contributed by atoms with Crippen molar-refractivity contribution in [1.29, 1.82) is 0 Å². The van der Waals surface area contributed by atoms with Crippen molar-refractivity contribution >= 4 is 11.6 Å². The van der Waals surface area contributed by atoms with Crippen LogP contribution in [-0.4, -0.2) is 12.5 Å². The van der Waals surface area contributed by atoms with Crippen LogP contribution in [0.15, 0.2) is 47.5 Å². The predicted molar refractivity (Wildman–Crippen MR) is 79.2 cm³/mol. The second kappa shape index (κ2) is 5.16. The maximum Gasteiger partial charge on any atom is 0.196 e. The van der Waals surface area contributed by atoms with E-state index in [0.29, 0.717) is 17.8 Å². The zero-order valence-electron chi connectivity index (χ0n) is 11.6. The number of guanidine groups is 1. The molecule has 1 atom stereocenters. The molecule has 1 aliphatic rings. The highest BCUT2D eigenvalue weighted by Gasteiger charge is 2.32. The first-order chi connectivity index (χ1) is 10.1. The maximum absolute atomic E-state index is 14.1. The fraction of sp³-hybridized carbons (Fsp3) is 0.188. The number of hydrogen-bond acceptors (Lipinski definition) is 3. The molecule has 0 amide bonds. The summed E-state index contributed by atoms with van der Waals surface area (Å²) in [5.74, 6) is -0.543. The molecule has 5 heteroatoms. The van der Waals surface area contributed by atoms with Gasteiger partial charge in [-0.25, -0.2) is 8.78 Å². The van der Waals surface area contributed by atoms with Gasteiger partial charge >= 0.3 is 0 Å². The topological polar surface area (TPSA) is 41.6 Å². The SMILES string of the molecule is Cc1ccc(F)c(C2CN=C(N)N2c2ccccc2F)c1. The third kappa shape index (κ3) is 2.35. The molecule has 1 aliphatic heterocycles.